The van der Waals surface area contributed by atoms with Gasteiger partial charge in [0.2, 0.25) is 5.91 Å². The summed E-state index contributed by atoms with van der Waals surface area (Å²) >= 11 is 0. The maximum atomic E-state index is 12.2. The van der Waals surface area contributed by atoms with Crippen molar-refractivity contribution in [1.29, 1.82) is 0 Å². The molecule has 0 aliphatic heterocycles. The monoisotopic (exact) mass is 402 g/mol. The van der Waals surface area contributed by atoms with E-state index in [1.807, 2.05) is 13.8 Å². The molecule has 0 aromatic rings. The number of carbonyl (C=O) groups is 3. The molecular weight excluding hydrogens is 368 g/mol. The largest absolute Gasteiger partial charge is 0.478 e. The molecule has 2 amide bonds. The molecule has 1 fully saturated rings. The van der Waals surface area contributed by atoms with Crippen LogP contribution in [0.2, 0.25) is 0 Å². The standard InChI is InChI=1S/C23H34N2O4/c1-5-18(4)25-23(29)20(14-22(27)28)12-8-17(3)9-13-21(26)24-15-19-10-6-16(2)7-11-19/h8-9,12-14,16,18-19H,3,5-7,10-11,15H2,1-2,4H3,(H,24,26)(H,25,29)(H,27,28)/b12-8+,13-9+,20-14-. The van der Waals surface area contributed by atoms with Crippen LogP contribution in [0.4, 0.5) is 0 Å². The van der Waals surface area contributed by atoms with Crippen LogP contribution in [-0.4, -0.2) is 35.5 Å². The van der Waals surface area contributed by atoms with Gasteiger partial charge >= 0.3 is 5.97 Å². The van der Waals surface area contributed by atoms with Gasteiger partial charge in [-0.25, -0.2) is 4.79 Å². The maximum absolute atomic E-state index is 12.2. The summed E-state index contributed by atoms with van der Waals surface area (Å²) < 4.78 is 0. The molecule has 1 saturated carbocycles. The van der Waals surface area contributed by atoms with Gasteiger partial charge in [0.15, 0.2) is 0 Å². The van der Waals surface area contributed by atoms with Crippen molar-refractivity contribution < 1.29 is 19.5 Å². The minimum absolute atomic E-state index is 0.0170. The van der Waals surface area contributed by atoms with Crippen LogP contribution in [0.5, 0.6) is 0 Å². The van der Waals surface area contributed by atoms with Gasteiger partial charge in [0.1, 0.15) is 0 Å². The Morgan fingerprint density at radius 1 is 1.10 bits per heavy atom. The molecule has 3 N–H and O–H groups in total. The fourth-order valence-corrected chi connectivity index (χ4v) is 3.00. The third kappa shape index (κ3) is 10.5. The van der Waals surface area contributed by atoms with Gasteiger partial charge in [0.05, 0.1) is 0 Å². The molecule has 160 valence electrons. The molecule has 29 heavy (non-hydrogen) atoms. The number of hydrogen-bond donors (Lipinski definition) is 3. The van der Waals surface area contributed by atoms with E-state index < -0.39 is 11.9 Å². The van der Waals surface area contributed by atoms with E-state index in [1.54, 1.807) is 6.08 Å². The van der Waals surface area contributed by atoms with Gasteiger partial charge in [-0.15, -0.1) is 0 Å². The summed E-state index contributed by atoms with van der Waals surface area (Å²) in [6, 6.07) is -0.0627. The smallest absolute Gasteiger partial charge is 0.329 e. The Bertz CT molecular complexity index is 683. The fraction of sp³-hybridized carbons (Fsp3) is 0.522. The second-order valence-corrected chi connectivity index (χ2v) is 7.83. The third-order valence-electron chi connectivity index (χ3n) is 5.16. The molecular formula is C23H34N2O4. The maximum Gasteiger partial charge on any atom is 0.329 e. The number of hydrogen-bond acceptors (Lipinski definition) is 3. The second kappa shape index (κ2) is 12.8. The van der Waals surface area contributed by atoms with E-state index in [1.165, 1.54) is 31.1 Å². The zero-order chi connectivity index (χ0) is 21.8. The Balaban J connectivity index is 2.55. The van der Waals surface area contributed by atoms with Gasteiger partial charge in [-0.2, -0.15) is 0 Å². The van der Waals surface area contributed by atoms with Gasteiger partial charge in [-0.1, -0.05) is 45.4 Å². The Morgan fingerprint density at radius 3 is 2.31 bits per heavy atom. The second-order valence-electron chi connectivity index (χ2n) is 7.83. The van der Waals surface area contributed by atoms with E-state index in [2.05, 4.69) is 24.1 Å². The van der Waals surface area contributed by atoms with Gasteiger partial charge in [0, 0.05) is 30.3 Å². The molecule has 1 aliphatic rings. The van der Waals surface area contributed by atoms with E-state index in [-0.39, 0.29) is 17.5 Å². The van der Waals surface area contributed by atoms with Crippen molar-refractivity contribution in [3.05, 3.63) is 48.1 Å². The Morgan fingerprint density at radius 2 is 1.72 bits per heavy atom. The predicted octanol–water partition coefficient (Wildman–Crippen LogP) is 3.52. The van der Waals surface area contributed by atoms with Crippen molar-refractivity contribution in [3.8, 4) is 0 Å². The van der Waals surface area contributed by atoms with E-state index >= 15 is 0 Å². The number of carbonyl (C=O) groups excluding carboxylic acids is 2. The topological polar surface area (TPSA) is 95.5 Å². The molecule has 0 aromatic carbocycles. The van der Waals surface area contributed by atoms with Gasteiger partial charge < -0.3 is 15.7 Å². The Labute approximate surface area is 173 Å². The van der Waals surface area contributed by atoms with Crippen LogP contribution in [0.1, 0.15) is 52.9 Å². The summed E-state index contributed by atoms with van der Waals surface area (Å²) in [5.41, 5.74) is 0.502. The lowest BCUT2D eigenvalue weighted by molar-refractivity contribution is -0.131. The van der Waals surface area contributed by atoms with Crippen LogP contribution in [-0.2, 0) is 14.4 Å². The number of rotatable bonds is 10. The lowest BCUT2D eigenvalue weighted by Crippen LogP contribution is -2.32. The fourth-order valence-electron chi connectivity index (χ4n) is 3.00. The summed E-state index contributed by atoms with van der Waals surface area (Å²) in [5.74, 6) is -0.534. The van der Waals surface area contributed by atoms with Crippen LogP contribution >= 0.6 is 0 Å². The summed E-state index contributed by atoms with van der Waals surface area (Å²) in [7, 11) is 0. The molecule has 0 aromatic heterocycles. The molecule has 1 rings (SSSR count). The minimum atomic E-state index is -1.21. The molecule has 1 aliphatic carbocycles. The summed E-state index contributed by atoms with van der Waals surface area (Å²) in [4.78, 5) is 35.1. The van der Waals surface area contributed by atoms with Crippen LogP contribution in [0.3, 0.4) is 0 Å². The molecule has 0 bridgehead atoms. The third-order valence-corrected chi connectivity index (χ3v) is 5.16. The average Bonchev–Trinajstić information content (AvgIpc) is 2.68. The molecule has 1 atom stereocenters. The molecule has 0 saturated heterocycles. The number of nitrogens with one attached hydrogen (secondary N) is 2. The van der Waals surface area contributed by atoms with E-state index in [4.69, 9.17) is 5.11 Å². The highest BCUT2D eigenvalue weighted by molar-refractivity contribution is 6.01. The summed E-state index contributed by atoms with van der Waals surface area (Å²) in [6.07, 6.45) is 12.2. The summed E-state index contributed by atoms with van der Waals surface area (Å²) in [6.45, 7) is 10.5. The highest BCUT2D eigenvalue weighted by atomic mass is 16.4. The van der Waals surface area contributed by atoms with Gasteiger partial charge in [-0.3, -0.25) is 9.59 Å². The number of allylic oxidation sites excluding steroid dienone is 3. The van der Waals surface area contributed by atoms with Crippen molar-refractivity contribution in [2.45, 2.75) is 58.9 Å². The van der Waals surface area contributed by atoms with Crippen molar-refractivity contribution in [2.75, 3.05) is 6.54 Å². The van der Waals surface area contributed by atoms with Crippen LogP contribution in [0.15, 0.2) is 48.1 Å². The predicted molar refractivity (Wildman–Crippen MR) is 115 cm³/mol. The lowest BCUT2D eigenvalue weighted by atomic mass is 9.83. The van der Waals surface area contributed by atoms with Crippen molar-refractivity contribution >= 4 is 17.8 Å². The van der Waals surface area contributed by atoms with Crippen molar-refractivity contribution in [1.82, 2.24) is 10.6 Å². The first kappa shape index (κ1) is 24.4. The molecule has 1 unspecified atom stereocenters. The number of carboxylic acids is 1. The van der Waals surface area contributed by atoms with Crippen molar-refractivity contribution in [2.24, 2.45) is 11.8 Å². The average molecular weight is 403 g/mol. The number of carboxylic acid groups (broad SMARTS) is 1. The highest BCUT2D eigenvalue weighted by Gasteiger charge is 2.18. The highest BCUT2D eigenvalue weighted by Crippen LogP contribution is 2.27. The first-order chi connectivity index (χ1) is 13.7. The SMILES string of the molecule is C=C(/C=C/C(=O)NCC1CCC(C)CC1)/C=C/C(=C/C(=O)O)C(=O)NC(C)CC. The molecule has 0 spiro atoms. The Hall–Kier alpha value is -2.63. The summed E-state index contributed by atoms with van der Waals surface area (Å²) in [5, 5.41) is 14.6. The zero-order valence-corrected chi connectivity index (χ0v) is 17.7. The van der Waals surface area contributed by atoms with Gasteiger partial charge in [-0.05, 0) is 49.7 Å². The quantitative estimate of drug-likeness (QED) is 0.385. The van der Waals surface area contributed by atoms with Crippen LogP contribution < -0.4 is 10.6 Å². The molecule has 6 nitrogen and oxygen atoms in total. The number of amides is 2. The number of aliphatic carboxylic acids is 1. The lowest BCUT2D eigenvalue weighted by Gasteiger charge is -2.25. The van der Waals surface area contributed by atoms with E-state index in [0.29, 0.717) is 18.0 Å². The molecule has 0 heterocycles. The van der Waals surface area contributed by atoms with E-state index in [0.717, 1.165) is 31.3 Å². The van der Waals surface area contributed by atoms with Gasteiger partial charge in [0.25, 0.3) is 5.91 Å². The minimum Gasteiger partial charge on any atom is -0.478 e. The first-order valence-electron chi connectivity index (χ1n) is 10.3. The Kier molecular flexibility index (Phi) is 10.7. The normalized spacial score (nSPS) is 21.1. The van der Waals surface area contributed by atoms with E-state index in [9.17, 15) is 14.4 Å². The molecule has 0 radical (unpaired) electrons. The van der Waals surface area contributed by atoms with Crippen LogP contribution in [0, 0.1) is 11.8 Å². The van der Waals surface area contributed by atoms with Crippen molar-refractivity contribution in [3.63, 3.8) is 0 Å². The zero-order valence-electron chi connectivity index (χ0n) is 17.7. The van der Waals surface area contributed by atoms with Crippen LogP contribution in [0.25, 0.3) is 0 Å². The molecule has 6 heteroatoms. The first-order valence-corrected chi connectivity index (χ1v) is 10.3.